The molecule has 1 N–H and O–H groups in total. The molecule has 2 amide bonds. The number of benzene rings is 2. The van der Waals surface area contributed by atoms with Gasteiger partial charge in [0.2, 0.25) is 11.8 Å². The van der Waals surface area contributed by atoms with E-state index < -0.39 is 22.9 Å². The molecular weight excluding hydrogens is 397 g/mol. The third kappa shape index (κ3) is 4.62. The molecule has 0 unspecified atom stereocenters. The molecule has 1 fully saturated rings. The maximum atomic E-state index is 13.8. The molecule has 150 valence electrons. The molecular formula is C20H18FN3O4S. The molecule has 9 heteroatoms. The van der Waals surface area contributed by atoms with Crippen molar-refractivity contribution in [1.82, 2.24) is 4.90 Å². The van der Waals surface area contributed by atoms with Gasteiger partial charge in [-0.1, -0.05) is 36.0 Å². The lowest BCUT2D eigenvalue weighted by molar-refractivity contribution is -0.127. The summed E-state index contributed by atoms with van der Waals surface area (Å²) in [6.07, 6.45) is -0.125. The predicted octanol–water partition coefficient (Wildman–Crippen LogP) is 3.20. The fraction of sp³-hybridized carbons (Fsp3) is 0.200. The molecule has 0 saturated carbocycles. The van der Waals surface area contributed by atoms with Crippen LogP contribution in [0.25, 0.3) is 0 Å². The summed E-state index contributed by atoms with van der Waals surface area (Å²) in [4.78, 5) is 42.2. The number of aliphatic imine (C=N–C) groups is 1. The van der Waals surface area contributed by atoms with Gasteiger partial charge in [-0.3, -0.25) is 14.5 Å². The van der Waals surface area contributed by atoms with Gasteiger partial charge in [-0.15, -0.1) is 0 Å². The van der Waals surface area contributed by atoms with Crippen LogP contribution in [-0.4, -0.2) is 47.3 Å². The van der Waals surface area contributed by atoms with Crippen molar-refractivity contribution >= 4 is 46.1 Å². The van der Waals surface area contributed by atoms with Crippen LogP contribution in [0.4, 0.5) is 15.8 Å². The summed E-state index contributed by atoms with van der Waals surface area (Å²) < 4.78 is 18.5. The molecule has 29 heavy (non-hydrogen) atoms. The second-order valence-corrected chi connectivity index (χ2v) is 7.31. The van der Waals surface area contributed by atoms with Crippen molar-refractivity contribution in [3.05, 3.63) is 59.9 Å². The number of ether oxygens (including phenoxy) is 1. The second-order valence-electron chi connectivity index (χ2n) is 6.14. The number of nitrogens with zero attached hydrogens (tertiary/aromatic N) is 2. The van der Waals surface area contributed by atoms with Crippen LogP contribution in [0.5, 0.6) is 0 Å². The van der Waals surface area contributed by atoms with Gasteiger partial charge in [0.15, 0.2) is 5.17 Å². The normalized spacial score (nSPS) is 17.5. The van der Waals surface area contributed by atoms with E-state index in [4.69, 9.17) is 4.74 Å². The zero-order valence-corrected chi connectivity index (χ0v) is 16.5. The third-order valence-electron chi connectivity index (χ3n) is 4.19. The number of rotatable bonds is 5. The Kier molecular flexibility index (Phi) is 6.28. The van der Waals surface area contributed by atoms with Gasteiger partial charge in [0.05, 0.1) is 18.4 Å². The monoisotopic (exact) mass is 415 g/mol. The lowest BCUT2D eigenvalue weighted by Crippen LogP contribution is -2.30. The Bertz CT molecular complexity index is 995. The average molecular weight is 415 g/mol. The molecule has 1 saturated heterocycles. The number of thioether (sulfide) groups is 1. The lowest BCUT2D eigenvalue weighted by atomic mass is 10.1. The number of hydrogen-bond acceptors (Lipinski definition) is 6. The second kappa shape index (κ2) is 8.87. The molecule has 1 aliphatic rings. The maximum Gasteiger partial charge on any atom is 0.339 e. The standard InChI is InChI=1S/C20H18FN3O4S/c1-24-18(26)16(29-20(24)23-15-10-6-4-8-13(15)21)11-17(25)22-14-9-5-3-7-12(14)19(27)28-2/h3-10,16H,11H2,1-2H3,(H,22,25)/t16-/m1/s1. The Morgan fingerprint density at radius 3 is 2.62 bits per heavy atom. The van der Waals surface area contributed by atoms with Crippen molar-refractivity contribution in [1.29, 1.82) is 0 Å². The van der Waals surface area contributed by atoms with Crippen LogP contribution < -0.4 is 5.32 Å². The molecule has 0 bridgehead atoms. The molecule has 1 aliphatic heterocycles. The average Bonchev–Trinajstić information content (AvgIpc) is 2.97. The smallest absolute Gasteiger partial charge is 0.339 e. The van der Waals surface area contributed by atoms with Gasteiger partial charge in [-0.2, -0.15) is 0 Å². The summed E-state index contributed by atoms with van der Waals surface area (Å²) in [6.45, 7) is 0. The third-order valence-corrected chi connectivity index (χ3v) is 5.42. The van der Waals surface area contributed by atoms with Gasteiger partial charge < -0.3 is 10.1 Å². The molecule has 3 rings (SSSR count). The van der Waals surface area contributed by atoms with Crippen LogP contribution in [0.3, 0.4) is 0 Å². The van der Waals surface area contributed by atoms with E-state index in [-0.39, 0.29) is 23.6 Å². The summed E-state index contributed by atoms with van der Waals surface area (Å²) in [7, 11) is 2.78. The minimum atomic E-state index is -0.698. The van der Waals surface area contributed by atoms with Crippen molar-refractivity contribution in [2.24, 2.45) is 4.99 Å². The maximum absolute atomic E-state index is 13.8. The number of carbonyl (C=O) groups is 3. The van der Waals surface area contributed by atoms with Crippen LogP contribution in [0, 0.1) is 5.82 Å². The molecule has 0 radical (unpaired) electrons. The van der Waals surface area contributed by atoms with E-state index in [0.717, 1.165) is 11.8 Å². The highest BCUT2D eigenvalue weighted by Gasteiger charge is 2.37. The van der Waals surface area contributed by atoms with Gasteiger partial charge >= 0.3 is 5.97 Å². The van der Waals surface area contributed by atoms with E-state index in [1.165, 1.54) is 37.3 Å². The highest BCUT2D eigenvalue weighted by atomic mass is 32.2. The summed E-state index contributed by atoms with van der Waals surface area (Å²) in [5.41, 5.74) is 0.632. The van der Waals surface area contributed by atoms with E-state index in [1.54, 1.807) is 30.3 Å². The van der Waals surface area contributed by atoms with Crippen molar-refractivity contribution in [2.75, 3.05) is 19.5 Å². The minimum absolute atomic E-state index is 0.117. The Hall–Kier alpha value is -3.20. The van der Waals surface area contributed by atoms with Crippen LogP contribution in [0.2, 0.25) is 0 Å². The zero-order chi connectivity index (χ0) is 21.0. The van der Waals surface area contributed by atoms with Crippen LogP contribution in [0.15, 0.2) is 53.5 Å². The lowest BCUT2D eigenvalue weighted by Gasteiger charge is -2.11. The quantitative estimate of drug-likeness (QED) is 0.758. The van der Waals surface area contributed by atoms with Crippen molar-refractivity contribution in [2.45, 2.75) is 11.7 Å². The molecule has 1 heterocycles. The van der Waals surface area contributed by atoms with Gasteiger partial charge in [0.25, 0.3) is 0 Å². The number of amides is 2. The molecule has 0 aliphatic carbocycles. The summed E-state index contributed by atoms with van der Waals surface area (Å²) >= 11 is 1.09. The number of halogens is 1. The first-order chi connectivity index (χ1) is 13.9. The number of anilines is 1. The number of amidine groups is 1. The minimum Gasteiger partial charge on any atom is -0.465 e. The van der Waals surface area contributed by atoms with Crippen molar-refractivity contribution in [3.8, 4) is 0 Å². The molecule has 7 nitrogen and oxygen atoms in total. The van der Waals surface area contributed by atoms with Crippen LogP contribution >= 0.6 is 11.8 Å². The fourth-order valence-electron chi connectivity index (χ4n) is 2.69. The molecule has 1 atom stereocenters. The van der Waals surface area contributed by atoms with E-state index in [2.05, 4.69) is 10.3 Å². The highest BCUT2D eigenvalue weighted by molar-refractivity contribution is 8.15. The number of esters is 1. The summed E-state index contributed by atoms with van der Waals surface area (Å²) in [6, 6.07) is 12.4. The summed E-state index contributed by atoms with van der Waals surface area (Å²) in [5.74, 6) is -1.82. The molecule has 2 aromatic carbocycles. The van der Waals surface area contributed by atoms with E-state index >= 15 is 0 Å². The van der Waals surface area contributed by atoms with Gasteiger partial charge in [0.1, 0.15) is 16.8 Å². The Morgan fingerprint density at radius 2 is 1.90 bits per heavy atom. The zero-order valence-electron chi connectivity index (χ0n) is 15.7. The van der Waals surface area contributed by atoms with Gasteiger partial charge in [-0.05, 0) is 24.3 Å². The van der Waals surface area contributed by atoms with Gasteiger partial charge in [-0.25, -0.2) is 14.2 Å². The fourth-order valence-corrected chi connectivity index (χ4v) is 3.84. The van der Waals surface area contributed by atoms with E-state index in [1.807, 2.05) is 0 Å². The number of hydrogen-bond donors (Lipinski definition) is 1. The Labute approximate surface area is 170 Å². The first-order valence-electron chi connectivity index (χ1n) is 8.65. The Morgan fingerprint density at radius 1 is 1.21 bits per heavy atom. The topological polar surface area (TPSA) is 88.1 Å². The number of methoxy groups -OCH3 is 1. The molecule has 2 aromatic rings. The number of nitrogens with one attached hydrogen (secondary N) is 1. The van der Waals surface area contributed by atoms with E-state index in [0.29, 0.717) is 10.9 Å². The van der Waals surface area contributed by atoms with Gasteiger partial charge in [0, 0.05) is 13.5 Å². The molecule has 0 spiro atoms. The summed E-state index contributed by atoms with van der Waals surface area (Å²) in [5, 5.41) is 2.25. The largest absolute Gasteiger partial charge is 0.465 e. The SMILES string of the molecule is COC(=O)c1ccccc1NC(=O)C[C@H]1SC(=Nc2ccccc2F)N(C)C1=O. The van der Waals surface area contributed by atoms with Crippen molar-refractivity contribution in [3.63, 3.8) is 0 Å². The number of para-hydroxylation sites is 2. The molecule has 0 aromatic heterocycles. The highest BCUT2D eigenvalue weighted by Crippen LogP contribution is 2.31. The Balaban J connectivity index is 1.71. The van der Waals surface area contributed by atoms with E-state index in [9.17, 15) is 18.8 Å². The first-order valence-corrected chi connectivity index (χ1v) is 9.53. The number of carbonyl (C=O) groups excluding carboxylic acids is 3. The first kappa shape index (κ1) is 20.5. The van der Waals surface area contributed by atoms with Crippen LogP contribution in [-0.2, 0) is 14.3 Å². The van der Waals surface area contributed by atoms with Crippen LogP contribution in [0.1, 0.15) is 16.8 Å². The predicted molar refractivity (Wildman–Crippen MR) is 109 cm³/mol. The van der Waals surface area contributed by atoms with Crippen molar-refractivity contribution < 1.29 is 23.5 Å².